The lowest BCUT2D eigenvalue weighted by molar-refractivity contribution is 0.662. The normalized spacial score (nSPS) is 12.9. The van der Waals surface area contributed by atoms with Crippen molar-refractivity contribution in [2.75, 3.05) is 9.80 Å². The summed E-state index contributed by atoms with van der Waals surface area (Å²) in [4.78, 5) is 4.80. The molecule has 0 saturated heterocycles. The van der Waals surface area contributed by atoms with Crippen LogP contribution < -0.4 is 9.80 Å². The minimum atomic E-state index is -0.247. The Morgan fingerprint density at radius 1 is 0.219 bits per heavy atom. The highest BCUT2D eigenvalue weighted by atomic mass is 15.1. The molecule has 342 valence electrons. The molecule has 2 heteroatoms. The monoisotopic (exact) mass is 928 g/mol. The number of rotatable bonds is 6. The summed E-state index contributed by atoms with van der Waals surface area (Å²) in [5.74, 6) is 0. The Labute approximate surface area is 424 Å². The fourth-order valence-corrected chi connectivity index (χ4v) is 12.6. The van der Waals surface area contributed by atoms with Gasteiger partial charge < -0.3 is 9.80 Å². The SMILES string of the molecule is CC1(C)c2cc3c4ccc(N(c5ccccc5)c5ccc6ccccc6c5)cc4c4ccccc4c3cc2-c2cc3c4ccccc4c4cc(N(c5ccccc5)c5ccc6ccccc6c5)ccc4c3cc21. The summed E-state index contributed by atoms with van der Waals surface area (Å²) in [7, 11) is 0. The van der Waals surface area contributed by atoms with Gasteiger partial charge in [0.1, 0.15) is 0 Å². The second kappa shape index (κ2) is 15.9. The molecule has 0 aromatic heterocycles. The zero-order valence-corrected chi connectivity index (χ0v) is 40.6. The van der Waals surface area contributed by atoms with E-state index in [4.69, 9.17) is 0 Å². The predicted molar refractivity (Wildman–Crippen MR) is 313 cm³/mol. The molecule has 14 aromatic rings. The first-order valence-electron chi connectivity index (χ1n) is 25.5. The van der Waals surface area contributed by atoms with Crippen LogP contribution in [0, 0.1) is 0 Å². The van der Waals surface area contributed by atoms with Gasteiger partial charge in [-0.2, -0.15) is 0 Å². The maximum absolute atomic E-state index is 2.54. The zero-order valence-electron chi connectivity index (χ0n) is 40.6. The van der Waals surface area contributed by atoms with Gasteiger partial charge in [-0.05, 0) is 205 Å². The summed E-state index contributed by atoms with van der Waals surface area (Å²) in [6.07, 6.45) is 0. The van der Waals surface area contributed by atoms with Crippen LogP contribution in [0.1, 0.15) is 25.0 Å². The van der Waals surface area contributed by atoms with E-state index < -0.39 is 0 Å². The molecule has 1 aliphatic rings. The van der Waals surface area contributed by atoms with E-state index in [0.717, 1.165) is 34.1 Å². The lowest BCUT2D eigenvalue weighted by Crippen LogP contribution is -2.15. The van der Waals surface area contributed by atoms with Crippen molar-refractivity contribution in [2.45, 2.75) is 19.3 Å². The molecule has 0 heterocycles. The van der Waals surface area contributed by atoms with Gasteiger partial charge in [-0.1, -0.05) is 172 Å². The largest absolute Gasteiger partial charge is 0.310 e. The third-order valence-corrected chi connectivity index (χ3v) is 16.1. The molecule has 73 heavy (non-hydrogen) atoms. The maximum Gasteiger partial charge on any atom is 0.0468 e. The molecular formula is C71H48N2. The summed E-state index contributed by atoms with van der Waals surface area (Å²) < 4.78 is 0. The summed E-state index contributed by atoms with van der Waals surface area (Å²) in [6.45, 7) is 4.86. The van der Waals surface area contributed by atoms with E-state index in [-0.39, 0.29) is 5.41 Å². The van der Waals surface area contributed by atoms with Crippen LogP contribution in [0.25, 0.3) is 97.3 Å². The van der Waals surface area contributed by atoms with Crippen LogP contribution in [0.4, 0.5) is 34.1 Å². The zero-order chi connectivity index (χ0) is 48.4. The van der Waals surface area contributed by atoms with Gasteiger partial charge in [0.2, 0.25) is 0 Å². The van der Waals surface area contributed by atoms with Crippen molar-refractivity contribution in [3.8, 4) is 11.1 Å². The first kappa shape index (κ1) is 41.5. The van der Waals surface area contributed by atoms with Gasteiger partial charge in [-0.15, -0.1) is 0 Å². The molecule has 0 fully saturated rings. The Kier molecular flexibility index (Phi) is 9.04. The van der Waals surface area contributed by atoms with Crippen molar-refractivity contribution < 1.29 is 0 Å². The minimum absolute atomic E-state index is 0.247. The van der Waals surface area contributed by atoms with E-state index in [2.05, 4.69) is 278 Å². The molecule has 15 rings (SSSR count). The first-order chi connectivity index (χ1) is 35.9. The third kappa shape index (κ3) is 6.37. The van der Waals surface area contributed by atoms with Crippen molar-refractivity contribution in [2.24, 2.45) is 0 Å². The molecule has 0 bridgehead atoms. The first-order valence-corrected chi connectivity index (χ1v) is 25.5. The average molecular weight is 929 g/mol. The molecule has 0 atom stereocenters. The fraction of sp³-hybridized carbons (Fsp3) is 0.0423. The van der Waals surface area contributed by atoms with Crippen molar-refractivity contribution in [1.82, 2.24) is 0 Å². The van der Waals surface area contributed by atoms with Crippen molar-refractivity contribution >= 4 is 120 Å². The van der Waals surface area contributed by atoms with Gasteiger partial charge in [-0.25, -0.2) is 0 Å². The van der Waals surface area contributed by atoms with Gasteiger partial charge in [0.05, 0.1) is 0 Å². The highest BCUT2D eigenvalue weighted by Crippen LogP contribution is 2.54. The number of anilines is 6. The summed E-state index contributed by atoms with van der Waals surface area (Å²) in [6, 6.07) is 94.8. The molecule has 14 aromatic carbocycles. The van der Waals surface area contributed by atoms with Crippen LogP contribution >= 0.6 is 0 Å². The Morgan fingerprint density at radius 3 is 0.932 bits per heavy atom. The van der Waals surface area contributed by atoms with Crippen LogP contribution in [-0.4, -0.2) is 0 Å². The van der Waals surface area contributed by atoms with Crippen molar-refractivity contribution in [1.29, 1.82) is 0 Å². The number of nitrogens with zero attached hydrogens (tertiary/aromatic N) is 2. The van der Waals surface area contributed by atoms with Crippen LogP contribution in [0.2, 0.25) is 0 Å². The van der Waals surface area contributed by atoms with E-state index in [9.17, 15) is 0 Å². The molecule has 0 spiro atoms. The minimum Gasteiger partial charge on any atom is -0.310 e. The smallest absolute Gasteiger partial charge is 0.0468 e. The van der Waals surface area contributed by atoms with Crippen LogP contribution in [-0.2, 0) is 5.41 Å². The Hall–Kier alpha value is -9.24. The Balaban J connectivity index is 0.914. The molecule has 0 radical (unpaired) electrons. The summed E-state index contributed by atoms with van der Waals surface area (Å²) in [5.41, 5.74) is 11.9. The topological polar surface area (TPSA) is 6.48 Å². The van der Waals surface area contributed by atoms with Gasteiger partial charge in [0, 0.05) is 39.5 Å². The molecule has 0 N–H and O–H groups in total. The van der Waals surface area contributed by atoms with Crippen LogP contribution in [0.3, 0.4) is 0 Å². The number of fused-ring (bicyclic) bond motifs is 17. The van der Waals surface area contributed by atoms with E-state index >= 15 is 0 Å². The molecule has 0 amide bonds. The number of para-hydroxylation sites is 2. The summed E-state index contributed by atoms with van der Waals surface area (Å²) in [5, 5.41) is 20.2. The number of hydrogen-bond donors (Lipinski definition) is 0. The average Bonchev–Trinajstić information content (AvgIpc) is 3.66. The van der Waals surface area contributed by atoms with Crippen LogP contribution in [0.15, 0.2) is 255 Å². The summed E-state index contributed by atoms with van der Waals surface area (Å²) >= 11 is 0. The van der Waals surface area contributed by atoms with Crippen molar-refractivity contribution in [3.05, 3.63) is 266 Å². The second-order valence-electron chi connectivity index (χ2n) is 20.5. The number of benzene rings is 14. The maximum atomic E-state index is 2.54. The van der Waals surface area contributed by atoms with Crippen LogP contribution in [0.5, 0.6) is 0 Å². The van der Waals surface area contributed by atoms with Gasteiger partial charge in [0.25, 0.3) is 0 Å². The fourth-order valence-electron chi connectivity index (χ4n) is 12.6. The second-order valence-corrected chi connectivity index (χ2v) is 20.5. The van der Waals surface area contributed by atoms with Gasteiger partial charge >= 0.3 is 0 Å². The standard InChI is InChI=1S/C71H48N2/c1-71(2)69-43-65-59-35-33-53(72(49-21-5-3-6-22-49)51-31-29-45-17-9-11-19-47(45)37-51)39-61(59)55-25-13-15-27-57(55)63(65)41-67(69)68-42-64-58-28-16-14-26-56(58)62-40-54(34-36-60(62)66(64)44-70(68)71)73(50-23-7-4-8-24-50)52-32-30-46-18-10-12-20-48(46)38-52/h3-44H,1-2H3. The third-order valence-electron chi connectivity index (χ3n) is 16.1. The van der Waals surface area contributed by atoms with E-state index in [1.807, 2.05) is 0 Å². The lowest BCUT2D eigenvalue weighted by Gasteiger charge is -2.27. The highest BCUT2D eigenvalue weighted by Gasteiger charge is 2.37. The van der Waals surface area contributed by atoms with Crippen molar-refractivity contribution in [3.63, 3.8) is 0 Å². The quantitative estimate of drug-likeness (QED) is 0.153. The molecule has 2 nitrogen and oxygen atoms in total. The van der Waals surface area contributed by atoms with E-state index in [1.165, 1.54) is 108 Å². The Morgan fingerprint density at radius 2 is 0.521 bits per heavy atom. The number of hydrogen-bond acceptors (Lipinski definition) is 2. The van der Waals surface area contributed by atoms with E-state index in [1.54, 1.807) is 0 Å². The molecule has 0 unspecified atom stereocenters. The van der Waals surface area contributed by atoms with Gasteiger partial charge in [0.15, 0.2) is 0 Å². The Bertz CT molecular complexity index is 4300. The molecule has 1 aliphatic carbocycles. The van der Waals surface area contributed by atoms with Gasteiger partial charge in [-0.3, -0.25) is 0 Å². The molecule has 0 aliphatic heterocycles. The van der Waals surface area contributed by atoms with E-state index in [0.29, 0.717) is 0 Å². The highest BCUT2D eigenvalue weighted by molar-refractivity contribution is 6.29. The lowest BCUT2D eigenvalue weighted by atomic mass is 9.80. The molecule has 0 saturated carbocycles. The molecular weight excluding hydrogens is 881 g/mol. The predicted octanol–water partition coefficient (Wildman–Crippen LogP) is 20.2.